The largest absolute Gasteiger partial charge is 0.416 e. The van der Waals surface area contributed by atoms with Crippen LogP contribution < -0.4 is 22.1 Å². The molecule has 0 saturated heterocycles. The number of nitrogens with one attached hydrogen (secondary N) is 2. The minimum atomic E-state index is -4.47. The lowest BCUT2D eigenvalue weighted by atomic mass is 9.88. The third-order valence-electron chi connectivity index (χ3n) is 4.99. The number of halogens is 3. The normalized spacial score (nSPS) is 16.7. The lowest BCUT2D eigenvalue weighted by Crippen LogP contribution is -2.29. The third kappa shape index (κ3) is 4.56. The van der Waals surface area contributed by atoms with Crippen molar-refractivity contribution < 1.29 is 13.2 Å². The molecule has 0 amide bonds. The van der Waals surface area contributed by atoms with Crippen LogP contribution in [0.3, 0.4) is 0 Å². The monoisotopic (exact) mass is 402 g/mol. The maximum absolute atomic E-state index is 13.5. The zero-order chi connectivity index (χ0) is 21.2. The van der Waals surface area contributed by atoms with E-state index >= 15 is 0 Å². The highest BCUT2D eigenvalue weighted by Gasteiger charge is 2.35. The molecule has 3 rings (SSSR count). The summed E-state index contributed by atoms with van der Waals surface area (Å²) in [4.78, 5) is 0. The van der Waals surface area contributed by atoms with Crippen LogP contribution in [-0.4, -0.2) is 12.6 Å². The summed E-state index contributed by atoms with van der Waals surface area (Å²) in [7, 11) is 0. The van der Waals surface area contributed by atoms with Gasteiger partial charge in [-0.05, 0) is 43.2 Å². The molecule has 0 radical (unpaired) electrons. The Labute approximate surface area is 168 Å². The summed E-state index contributed by atoms with van der Waals surface area (Å²) in [6.45, 7) is 4.30. The molecule has 6 N–H and O–H groups in total. The molecule has 0 aliphatic carbocycles. The summed E-state index contributed by atoms with van der Waals surface area (Å²) in [5.41, 5.74) is 15.5. The summed E-state index contributed by atoms with van der Waals surface area (Å²) < 4.78 is 40.4. The van der Waals surface area contributed by atoms with Crippen molar-refractivity contribution in [2.45, 2.75) is 32.0 Å². The first-order valence-electron chi connectivity index (χ1n) is 9.37. The molecule has 1 aliphatic heterocycles. The van der Waals surface area contributed by atoms with Crippen molar-refractivity contribution in [1.82, 2.24) is 5.32 Å². The Balaban J connectivity index is 1.96. The van der Waals surface area contributed by atoms with Crippen molar-refractivity contribution in [3.05, 3.63) is 82.7 Å². The molecule has 154 valence electrons. The number of nitrogens with two attached hydrogens (primary N) is 2. The number of fused-ring (bicyclic) bond motifs is 1. The van der Waals surface area contributed by atoms with Crippen molar-refractivity contribution in [1.29, 1.82) is 0 Å². The number of rotatable bonds is 5. The standard InChI is InChI=1S/C22H25F3N4/c1-13-12-28-19-10-6-4-8-16(19)21(13)29-20(27)11-17(14(2)26)15-7-3-5-9-18(15)22(23,24)25/h3-11,14,17,28-29H,12,26-27H2,1-2H3/b20-11+. The molecule has 2 unspecified atom stereocenters. The van der Waals surface area contributed by atoms with Crippen LogP contribution in [-0.2, 0) is 6.18 Å². The van der Waals surface area contributed by atoms with Gasteiger partial charge in [-0.2, -0.15) is 13.2 Å². The van der Waals surface area contributed by atoms with Gasteiger partial charge < -0.3 is 22.1 Å². The Morgan fingerprint density at radius 3 is 2.48 bits per heavy atom. The lowest BCUT2D eigenvalue weighted by molar-refractivity contribution is -0.138. The van der Waals surface area contributed by atoms with E-state index in [-0.39, 0.29) is 11.4 Å². The number of hydrogen-bond acceptors (Lipinski definition) is 4. The average molecular weight is 402 g/mol. The maximum Gasteiger partial charge on any atom is 0.416 e. The van der Waals surface area contributed by atoms with Crippen LogP contribution in [0.15, 0.2) is 66.0 Å². The van der Waals surface area contributed by atoms with E-state index in [0.29, 0.717) is 6.54 Å². The molecular formula is C22H25F3N4. The molecule has 1 heterocycles. The highest BCUT2D eigenvalue weighted by atomic mass is 19.4. The van der Waals surface area contributed by atoms with Gasteiger partial charge in [-0.15, -0.1) is 0 Å². The van der Waals surface area contributed by atoms with Gasteiger partial charge in [0.15, 0.2) is 0 Å². The van der Waals surface area contributed by atoms with Gasteiger partial charge >= 0.3 is 6.18 Å². The van der Waals surface area contributed by atoms with Gasteiger partial charge in [-0.3, -0.25) is 0 Å². The molecule has 0 spiro atoms. The van der Waals surface area contributed by atoms with E-state index in [4.69, 9.17) is 11.5 Å². The molecule has 0 bridgehead atoms. The topological polar surface area (TPSA) is 76.1 Å². The van der Waals surface area contributed by atoms with Crippen LogP contribution >= 0.6 is 0 Å². The van der Waals surface area contributed by atoms with Gasteiger partial charge in [0.2, 0.25) is 0 Å². The summed E-state index contributed by atoms with van der Waals surface area (Å²) in [6.07, 6.45) is -2.90. The molecule has 1 aliphatic rings. The smallest absolute Gasteiger partial charge is 0.386 e. The first-order chi connectivity index (χ1) is 13.7. The second-order valence-electron chi connectivity index (χ2n) is 7.27. The van der Waals surface area contributed by atoms with Gasteiger partial charge in [-0.25, -0.2) is 0 Å². The van der Waals surface area contributed by atoms with Crippen LogP contribution in [0.1, 0.15) is 36.5 Å². The van der Waals surface area contributed by atoms with Crippen molar-refractivity contribution in [3.8, 4) is 0 Å². The second kappa shape index (κ2) is 8.21. The minimum Gasteiger partial charge on any atom is -0.386 e. The zero-order valence-corrected chi connectivity index (χ0v) is 16.3. The van der Waals surface area contributed by atoms with Gasteiger partial charge in [0, 0.05) is 35.5 Å². The Kier molecular flexibility index (Phi) is 5.88. The predicted molar refractivity (Wildman–Crippen MR) is 111 cm³/mol. The zero-order valence-electron chi connectivity index (χ0n) is 16.3. The first kappa shape index (κ1) is 20.8. The fourth-order valence-electron chi connectivity index (χ4n) is 3.53. The summed E-state index contributed by atoms with van der Waals surface area (Å²) >= 11 is 0. The highest BCUT2D eigenvalue weighted by molar-refractivity contribution is 5.81. The van der Waals surface area contributed by atoms with E-state index < -0.39 is 23.7 Å². The van der Waals surface area contributed by atoms with Crippen LogP contribution in [0.4, 0.5) is 18.9 Å². The van der Waals surface area contributed by atoms with E-state index in [2.05, 4.69) is 10.6 Å². The SMILES string of the molecule is CC1=C(N/C(N)=C/C(c2ccccc2C(F)(F)F)C(C)N)c2ccccc2NC1. The van der Waals surface area contributed by atoms with E-state index in [9.17, 15) is 13.2 Å². The first-order valence-corrected chi connectivity index (χ1v) is 9.37. The molecule has 2 atom stereocenters. The molecule has 0 fully saturated rings. The number of anilines is 1. The molecular weight excluding hydrogens is 377 g/mol. The van der Waals surface area contributed by atoms with E-state index in [1.807, 2.05) is 31.2 Å². The Morgan fingerprint density at radius 1 is 1.14 bits per heavy atom. The summed E-state index contributed by atoms with van der Waals surface area (Å²) in [5.74, 6) is -0.437. The predicted octanol–water partition coefficient (Wildman–Crippen LogP) is 4.38. The molecule has 4 nitrogen and oxygen atoms in total. The van der Waals surface area contributed by atoms with Gasteiger partial charge in [0.05, 0.1) is 11.4 Å². The van der Waals surface area contributed by atoms with Crippen LogP contribution in [0, 0.1) is 0 Å². The molecule has 0 aromatic heterocycles. The van der Waals surface area contributed by atoms with Crippen molar-refractivity contribution >= 4 is 11.4 Å². The Bertz CT molecular complexity index is 945. The maximum atomic E-state index is 13.5. The lowest BCUT2D eigenvalue weighted by Gasteiger charge is -2.26. The van der Waals surface area contributed by atoms with Crippen molar-refractivity contribution in [2.75, 3.05) is 11.9 Å². The van der Waals surface area contributed by atoms with E-state index in [1.54, 1.807) is 19.1 Å². The molecule has 0 saturated carbocycles. The Hall–Kier alpha value is -2.93. The molecule has 2 aromatic carbocycles. The average Bonchev–Trinajstić information content (AvgIpc) is 2.67. The van der Waals surface area contributed by atoms with E-state index in [1.165, 1.54) is 12.1 Å². The van der Waals surface area contributed by atoms with Gasteiger partial charge in [-0.1, -0.05) is 36.4 Å². The highest BCUT2D eigenvalue weighted by Crippen LogP contribution is 2.37. The number of para-hydroxylation sites is 1. The van der Waals surface area contributed by atoms with Crippen molar-refractivity contribution in [2.24, 2.45) is 11.5 Å². The minimum absolute atomic E-state index is 0.108. The number of hydrogen-bond donors (Lipinski definition) is 4. The van der Waals surface area contributed by atoms with E-state index in [0.717, 1.165) is 28.6 Å². The molecule has 7 heteroatoms. The molecule has 2 aromatic rings. The van der Waals surface area contributed by atoms with Crippen LogP contribution in [0.2, 0.25) is 0 Å². The fraction of sp³-hybridized carbons (Fsp3) is 0.273. The quantitative estimate of drug-likeness (QED) is 0.599. The van der Waals surface area contributed by atoms with Gasteiger partial charge in [0.25, 0.3) is 0 Å². The summed E-state index contributed by atoms with van der Waals surface area (Å²) in [5, 5.41) is 6.50. The van der Waals surface area contributed by atoms with Crippen LogP contribution in [0.5, 0.6) is 0 Å². The fourth-order valence-corrected chi connectivity index (χ4v) is 3.53. The second-order valence-corrected chi connectivity index (χ2v) is 7.27. The van der Waals surface area contributed by atoms with Gasteiger partial charge in [0.1, 0.15) is 0 Å². The number of alkyl halides is 3. The third-order valence-corrected chi connectivity index (χ3v) is 4.99. The number of benzene rings is 2. The van der Waals surface area contributed by atoms with Crippen molar-refractivity contribution in [3.63, 3.8) is 0 Å². The Morgan fingerprint density at radius 2 is 1.79 bits per heavy atom. The summed E-state index contributed by atoms with van der Waals surface area (Å²) in [6, 6.07) is 12.7. The van der Waals surface area contributed by atoms with Crippen LogP contribution in [0.25, 0.3) is 5.70 Å². The molecule has 29 heavy (non-hydrogen) atoms.